The second-order valence-corrected chi connectivity index (χ2v) is 6.06. The predicted molar refractivity (Wildman–Crippen MR) is 39.1 cm³/mol. The second kappa shape index (κ2) is 3.50. The maximum absolute atomic E-state index is 5.21. The highest BCUT2D eigenvalue weighted by atomic mass is 32.2. The Morgan fingerprint density at radius 3 is 2.00 bits per heavy atom. The molecule has 0 atom stereocenters. The van der Waals surface area contributed by atoms with Crippen molar-refractivity contribution in [2.24, 2.45) is 0 Å². The Kier molecular flexibility index (Phi) is 3.71. The molecule has 0 aromatic carbocycles. The summed E-state index contributed by atoms with van der Waals surface area (Å²) in [5.41, 5.74) is 0. The average molecular weight is 152 g/mol. The smallest absolute Gasteiger partial charge is 0.344 e. The molecule has 0 spiro atoms. The Bertz CT molecular complexity index is 67.1. The molecule has 0 fully saturated rings. The van der Waals surface area contributed by atoms with Crippen molar-refractivity contribution in [2.75, 3.05) is 13.4 Å². The molecule has 0 N–H and O–H groups in total. The summed E-state index contributed by atoms with van der Waals surface area (Å²) in [4.78, 5) is 0. The Morgan fingerprint density at radius 2 is 1.88 bits per heavy atom. The molecule has 0 saturated heterocycles. The average Bonchev–Trinajstić information content (AvgIpc) is 1.67. The van der Waals surface area contributed by atoms with Crippen molar-refractivity contribution in [3.63, 3.8) is 0 Å². The quantitative estimate of drug-likeness (QED) is 0.452. The third-order valence-corrected chi connectivity index (χ3v) is 4.03. The van der Waals surface area contributed by atoms with Gasteiger partial charge in [-0.2, -0.15) is 0 Å². The first-order valence-electron chi connectivity index (χ1n) is 2.39. The van der Waals surface area contributed by atoms with Crippen LogP contribution < -0.4 is 0 Å². The summed E-state index contributed by atoms with van der Waals surface area (Å²) < 4.78 is 10.3. The molecular weight excluding hydrogens is 140 g/mol. The van der Waals surface area contributed by atoms with E-state index in [-0.39, 0.29) is 0 Å². The first kappa shape index (κ1) is 8.49. The molecule has 0 aliphatic carbocycles. The van der Waals surface area contributed by atoms with Gasteiger partial charge in [0.25, 0.3) is 0 Å². The van der Waals surface area contributed by atoms with E-state index in [9.17, 15) is 0 Å². The minimum atomic E-state index is -1.71. The van der Waals surface area contributed by atoms with E-state index in [1.54, 1.807) is 7.11 Å². The van der Waals surface area contributed by atoms with Gasteiger partial charge in [-0.1, -0.05) is 0 Å². The lowest BCUT2D eigenvalue weighted by atomic mass is 11.8. The van der Waals surface area contributed by atoms with Gasteiger partial charge in [-0.15, -0.1) is 0 Å². The Labute approximate surface area is 56.0 Å². The van der Waals surface area contributed by atoms with Crippen molar-refractivity contribution >= 4 is 20.6 Å². The fourth-order valence-corrected chi connectivity index (χ4v) is 2.11. The van der Waals surface area contributed by atoms with Gasteiger partial charge in [0.05, 0.1) is 0 Å². The fraction of sp³-hybridized carbons (Fsp3) is 1.00. The van der Waals surface area contributed by atoms with E-state index in [0.29, 0.717) is 0 Å². The molecule has 0 unspecified atom stereocenters. The van der Waals surface area contributed by atoms with Crippen LogP contribution in [0.25, 0.3) is 0 Å². The first-order chi connectivity index (χ1) is 3.62. The zero-order chi connectivity index (χ0) is 6.62. The van der Waals surface area contributed by atoms with Crippen molar-refractivity contribution in [2.45, 2.75) is 13.1 Å². The van der Waals surface area contributed by atoms with Crippen LogP contribution in [0.2, 0.25) is 13.1 Å². The Hall–Kier alpha value is 0.487. The molecule has 0 aromatic rings. The van der Waals surface area contributed by atoms with E-state index >= 15 is 0 Å². The number of hydrogen-bond acceptors (Lipinski definition) is 3. The molecule has 0 heterocycles. The third-order valence-electron chi connectivity index (χ3n) is 0.776. The molecule has 0 rings (SSSR count). The molecule has 0 aliphatic rings. The van der Waals surface area contributed by atoms with Gasteiger partial charge >= 0.3 is 8.56 Å². The molecule has 8 heavy (non-hydrogen) atoms. The zero-order valence-electron chi connectivity index (χ0n) is 5.72. The Morgan fingerprint density at radius 1 is 1.38 bits per heavy atom. The lowest BCUT2D eigenvalue weighted by Gasteiger charge is -2.16. The maximum Gasteiger partial charge on any atom is 0.344 e. The first-order valence-corrected chi connectivity index (χ1v) is 6.36. The summed E-state index contributed by atoms with van der Waals surface area (Å²) in [6.07, 6.45) is 1.90. The van der Waals surface area contributed by atoms with E-state index < -0.39 is 8.56 Å². The molecule has 0 amide bonds. The van der Waals surface area contributed by atoms with Crippen LogP contribution in [0, 0.1) is 0 Å². The highest BCUT2D eigenvalue weighted by Gasteiger charge is 2.21. The molecule has 0 aliphatic heterocycles. The summed E-state index contributed by atoms with van der Waals surface area (Å²) in [5, 5.41) is 0. The van der Waals surface area contributed by atoms with Gasteiger partial charge in [-0.05, 0) is 25.1 Å². The highest BCUT2D eigenvalue weighted by molar-refractivity contribution is 7.94. The van der Waals surface area contributed by atoms with E-state index in [1.807, 2.05) is 19.3 Å². The van der Waals surface area contributed by atoms with Crippen molar-refractivity contribution in [1.29, 1.82) is 0 Å². The normalized spacial score (nSPS) is 12.0. The molecule has 4 heteroatoms. The molecule has 0 aromatic heterocycles. The van der Waals surface area contributed by atoms with Gasteiger partial charge < -0.3 is 8.30 Å². The standard InChI is InChI=1S/C4H12O2SSi/c1-5-8(3,4)6-7-2/h1-4H3. The van der Waals surface area contributed by atoms with Crippen LogP contribution in [0.3, 0.4) is 0 Å². The minimum Gasteiger partial charge on any atom is -0.397 e. The minimum absolute atomic E-state index is 1.37. The lowest BCUT2D eigenvalue weighted by Crippen LogP contribution is -2.30. The van der Waals surface area contributed by atoms with Crippen LogP contribution in [-0.4, -0.2) is 21.9 Å². The van der Waals surface area contributed by atoms with Gasteiger partial charge in [0.15, 0.2) is 0 Å². The van der Waals surface area contributed by atoms with Crippen LogP contribution in [0.1, 0.15) is 0 Å². The van der Waals surface area contributed by atoms with Gasteiger partial charge in [0, 0.05) is 13.4 Å². The number of rotatable bonds is 3. The van der Waals surface area contributed by atoms with E-state index in [0.717, 1.165) is 0 Å². The molecule has 0 saturated carbocycles. The largest absolute Gasteiger partial charge is 0.397 e. The maximum atomic E-state index is 5.21. The van der Waals surface area contributed by atoms with Crippen LogP contribution in [0.4, 0.5) is 0 Å². The van der Waals surface area contributed by atoms with Gasteiger partial charge in [-0.25, -0.2) is 0 Å². The van der Waals surface area contributed by atoms with E-state index in [1.165, 1.54) is 12.0 Å². The van der Waals surface area contributed by atoms with Crippen molar-refractivity contribution < 1.29 is 8.30 Å². The van der Waals surface area contributed by atoms with E-state index in [2.05, 4.69) is 0 Å². The highest BCUT2D eigenvalue weighted by Crippen LogP contribution is 2.10. The zero-order valence-corrected chi connectivity index (χ0v) is 7.54. The molecule has 0 radical (unpaired) electrons. The predicted octanol–water partition coefficient (Wildman–Crippen LogP) is 1.63. The Balaban J connectivity index is 3.37. The third kappa shape index (κ3) is 3.48. The van der Waals surface area contributed by atoms with Gasteiger partial charge in [0.1, 0.15) is 0 Å². The SMILES string of the molecule is CO[Si](C)(C)OSC. The van der Waals surface area contributed by atoms with Gasteiger partial charge in [0.2, 0.25) is 0 Å². The van der Waals surface area contributed by atoms with Crippen molar-refractivity contribution in [3.05, 3.63) is 0 Å². The van der Waals surface area contributed by atoms with E-state index in [4.69, 9.17) is 8.30 Å². The summed E-state index contributed by atoms with van der Waals surface area (Å²) in [5.74, 6) is 0. The fourth-order valence-electron chi connectivity index (χ4n) is 0.235. The number of hydrogen-bond donors (Lipinski definition) is 0. The molecular formula is C4H12O2SSi. The monoisotopic (exact) mass is 152 g/mol. The summed E-state index contributed by atoms with van der Waals surface area (Å²) in [6.45, 7) is 4.01. The molecule has 0 bridgehead atoms. The summed E-state index contributed by atoms with van der Waals surface area (Å²) >= 11 is 1.37. The summed E-state index contributed by atoms with van der Waals surface area (Å²) in [7, 11) is -0.0313. The van der Waals surface area contributed by atoms with Crippen LogP contribution >= 0.6 is 12.0 Å². The van der Waals surface area contributed by atoms with Crippen molar-refractivity contribution in [1.82, 2.24) is 0 Å². The van der Waals surface area contributed by atoms with Crippen LogP contribution in [-0.2, 0) is 8.30 Å². The molecule has 2 nitrogen and oxygen atoms in total. The van der Waals surface area contributed by atoms with Gasteiger partial charge in [-0.3, -0.25) is 0 Å². The van der Waals surface area contributed by atoms with Crippen LogP contribution in [0.15, 0.2) is 0 Å². The topological polar surface area (TPSA) is 18.5 Å². The molecule has 50 valence electrons. The lowest BCUT2D eigenvalue weighted by molar-refractivity contribution is 0.332. The summed E-state index contributed by atoms with van der Waals surface area (Å²) in [6, 6.07) is 0. The van der Waals surface area contributed by atoms with Crippen LogP contribution in [0.5, 0.6) is 0 Å². The second-order valence-electron chi connectivity index (χ2n) is 1.85. The van der Waals surface area contributed by atoms with Crippen molar-refractivity contribution in [3.8, 4) is 0 Å².